The minimum absolute atomic E-state index is 0.0379. The molecule has 0 rings (SSSR count). The molecule has 0 aliphatic carbocycles. The normalized spacial score (nSPS) is 14.1. The summed E-state index contributed by atoms with van der Waals surface area (Å²) in [6.45, 7) is 28.7. The van der Waals surface area contributed by atoms with E-state index in [2.05, 4.69) is 46.1 Å². The van der Waals surface area contributed by atoms with Gasteiger partial charge < -0.3 is 14.6 Å². The summed E-state index contributed by atoms with van der Waals surface area (Å²) in [5.41, 5.74) is 0.358. The zero-order chi connectivity index (χ0) is 26.4. The SMILES string of the molecule is C=CCCCOC(=C)/C(F)=C(/F)C(=C)C(=C)/C=C\C(=C)C(=C)/C=C(/F)C(=C)C(C)OCC(C)O. The number of unbranched alkanes of at least 4 members (excludes halogenated alkanes) is 1. The summed E-state index contributed by atoms with van der Waals surface area (Å²) in [7, 11) is 0. The van der Waals surface area contributed by atoms with Crippen molar-refractivity contribution in [1.29, 1.82) is 0 Å². The van der Waals surface area contributed by atoms with Gasteiger partial charge in [-0.3, -0.25) is 0 Å². The van der Waals surface area contributed by atoms with Crippen LogP contribution in [0.3, 0.4) is 0 Å². The van der Waals surface area contributed by atoms with E-state index in [1.807, 2.05) is 0 Å². The molecule has 34 heavy (non-hydrogen) atoms. The first-order chi connectivity index (χ1) is 15.8. The van der Waals surface area contributed by atoms with Crippen molar-refractivity contribution in [3.05, 3.63) is 121 Å². The highest BCUT2D eigenvalue weighted by molar-refractivity contribution is 5.52. The summed E-state index contributed by atoms with van der Waals surface area (Å²) in [5.74, 6) is -3.62. The van der Waals surface area contributed by atoms with E-state index in [9.17, 15) is 18.3 Å². The third kappa shape index (κ3) is 11.2. The Kier molecular flexibility index (Phi) is 14.3. The molecular formula is C28H35F3O3. The van der Waals surface area contributed by atoms with Gasteiger partial charge in [0.05, 0.1) is 25.4 Å². The van der Waals surface area contributed by atoms with E-state index in [0.29, 0.717) is 18.4 Å². The highest BCUT2D eigenvalue weighted by atomic mass is 19.2. The van der Waals surface area contributed by atoms with Gasteiger partial charge in [-0.05, 0) is 49.5 Å². The Bertz CT molecular complexity index is 917. The first-order valence-electron chi connectivity index (χ1n) is 10.6. The lowest BCUT2D eigenvalue weighted by atomic mass is 10.0. The maximum atomic E-state index is 14.5. The van der Waals surface area contributed by atoms with Crippen molar-refractivity contribution in [2.24, 2.45) is 0 Å². The van der Waals surface area contributed by atoms with Gasteiger partial charge in [-0.15, -0.1) is 6.58 Å². The van der Waals surface area contributed by atoms with Crippen LogP contribution >= 0.6 is 0 Å². The molecule has 2 atom stereocenters. The molecule has 6 heteroatoms. The first kappa shape index (κ1) is 30.9. The Balaban J connectivity index is 5.09. The molecule has 0 aliphatic heterocycles. The maximum Gasteiger partial charge on any atom is 0.200 e. The number of hydrogen-bond donors (Lipinski definition) is 1. The molecule has 186 valence electrons. The lowest BCUT2D eigenvalue weighted by molar-refractivity contribution is 0.0203. The summed E-state index contributed by atoms with van der Waals surface area (Å²) in [5, 5.41) is 9.26. The number of halogens is 3. The zero-order valence-corrected chi connectivity index (χ0v) is 20.1. The minimum Gasteiger partial charge on any atom is -0.491 e. The lowest BCUT2D eigenvalue weighted by Crippen LogP contribution is -2.18. The van der Waals surface area contributed by atoms with Gasteiger partial charge in [0, 0.05) is 11.1 Å². The molecule has 0 aliphatic rings. The monoisotopic (exact) mass is 476 g/mol. The van der Waals surface area contributed by atoms with Crippen LogP contribution in [-0.2, 0) is 9.47 Å². The molecule has 0 heterocycles. The lowest BCUT2D eigenvalue weighted by Gasteiger charge is -2.16. The molecule has 0 saturated heterocycles. The van der Waals surface area contributed by atoms with Crippen molar-refractivity contribution in [2.75, 3.05) is 13.2 Å². The number of aliphatic hydroxyl groups is 1. The third-order valence-electron chi connectivity index (χ3n) is 4.50. The highest BCUT2D eigenvalue weighted by Crippen LogP contribution is 2.28. The Morgan fingerprint density at radius 2 is 1.50 bits per heavy atom. The quantitative estimate of drug-likeness (QED) is 0.102. The van der Waals surface area contributed by atoms with Gasteiger partial charge in [-0.25, -0.2) is 8.78 Å². The van der Waals surface area contributed by atoms with Crippen molar-refractivity contribution in [1.82, 2.24) is 0 Å². The maximum absolute atomic E-state index is 14.5. The number of rotatable bonds is 17. The van der Waals surface area contributed by atoms with Crippen LogP contribution < -0.4 is 0 Å². The molecule has 0 fully saturated rings. The number of aliphatic hydroxyl groups excluding tert-OH is 1. The Morgan fingerprint density at radius 3 is 2.06 bits per heavy atom. The van der Waals surface area contributed by atoms with Crippen molar-refractivity contribution in [2.45, 2.75) is 38.9 Å². The summed E-state index contributed by atoms with van der Waals surface area (Å²) in [6, 6.07) is 0. The number of hydrogen-bond acceptors (Lipinski definition) is 3. The van der Waals surface area contributed by atoms with Crippen molar-refractivity contribution in [3.63, 3.8) is 0 Å². The zero-order valence-electron chi connectivity index (χ0n) is 20.1. The summed E-state index contributed by atoms with van der Waals surface area (Å²) in [4.78, 5) is 0. The fourth-order valence-corrected chi connectivity index (χ4v) is 2.21. The van der Waals surface area contributed by atoms with E-state index in [1.165, 1.54) is 12.2 Å². The second-order valence-electron chi connectivity index (χ2n) is 7.56. The molecule has 0 bridgehead atoms. The largest absolute Gasteiger partial charge is 0.491 e. The number of ether oxygens (including phenoxy) is 2. The molecule has 0 aromatic heterocycles. The molecule has 0 spiro atoms. The minimum atomic E-state index is -1.27. The fraction of sp³-hybridized carbons (Fsp3) is 0.286. The third-order valence-corrected chi connectivity index (χ3v) is 4.50. The molecule has 1 N–H and O–H groups in total. The molecular weight excluding hydrogens is 441 g/mol. The molecule has 0 amide bonds. The summed E-state index contributed by atoms with van der Waals surface area (Å²) in [6.07, 6.45) is 5.51. The van der Waals surface area contributed by atoms with E-state index in [0.717, 1.165) is 6.08 Å². The van der Waals surface area contributed by atoms with Gasteiger partial charge in [0.25, 0.3) is 0 Å². The van der Waals surface area contributed by atoms with Crippen molar-refractivity contribution in [3.8, 4) is 0 Å². The van der Waals surface area contributed by atoms with Crippen LogP contribution in [-0.4, -0.2) is 30.5 Å². The second-order valence-corrected chi connectivity index (χ2v) is 7.56. The molecule has 0 aromatic carbocycles. The Hall–Kier alpha value is -3.09. The Labute approximate surface area is 201 Å². The summed E-state index contributed by atoms with van der Waals surface area (Å²) < 4.78 is 53.5. The predicted molar refractivity (Wildman–Crippen MR) is 135 cm³/mol. The van der Waals surface area contributed by atoms with Gasteiger partial charge in [-0.1, -0.05) is 57.7 Å². The molecule has 0 radical (unpaired) electrons. The molecule has 0 saturated carbocycles. The van der Waals surface area contributed by atoms with E-state index >= 15 is 0 Å². The van der Waals surface area contributed by atoms with Crippen LogP contribution in [0.5, 0.6) is 0 Å². The molecule has 2 unspecified atom stereocenters. The second kappa shape index (κ2) is 15.7. The average Bonchev–Trinajstić information content (AvgIpc) is 2.80. The van der Waals surface area contributed by atoms with E-state index in [1.54, 1.807) is 19.9 Å². The van der Waals surface area contributed by atoms with E-state index in [4.69, 9.17) is 9.47 Å². The number of allylic oxidation sites excluding steroid dienone is 10. The fourth-order valence-electron chi connectivity index (χ4n) is 2.21. The van der Waals surface area contributed by atoms with Crippen LogP contribution in [0.2, 0.25) is 0 Å². The smallest absolute Gasteiger partial charge is 0.200 e. The predicted octanol–water partition coefficient (Wildman–Crippen LogP) is 7.61. The first-order valence-corrected chi connectivity index (χ1v) is 10.6. The van der Waals surface area contributed by atoms with Crippen LogP contribution in [0.1, 0.15) is 26.7 Å². The van der Waals surface area contributed by atoms with Gasteiger partial charge in [0.2, 0.25) is 5.83 Å². The Morgan fingerprint density at radius 1 is 0.912 bits per heavy atom. The van der Waals surface area contributed by atoms with Gasteiger partial charge in [0.1, 0.15) is 5.83 Å². The molecule has 3 nitrogen and oxygen atoms in total. The van der Waals surface area contributed by atoms with Gasteiger partial charge in [-0.2, -0.15) is 4.39 Å². The van der Waals surface area contributed by atoms with Crippen LogP contribution in [0.4, 0.5) is 13.2 Å². The molecule has 0 aromatic rings. The van der Waals surface area contributed by atoms with E-state index < -0.39 is 35.4 Å². The van der Waals surface area contributed by atoms with Gasteiger partial charge in [0.15, 0.2) is 11.6 Å². The van der Waals surface area contributed by atoms with Crippen LogP contribution in [0.25, 0.3) is 0 Å². The highest BCUT2D eigenvalue weighted by Gasteiger charge is 2.16. The van der Waals surface area contributed by atoms with E-state index in [-0.39, 0.29) is 35.5 Å². The van der Waals surface area contributed by atoms with Crippen LogP contribution in [0, 0.1) is 0 Å². The van der Waals surface area contributed by atoms with Crippen LogP contribution in [0.15, 0.2) is 121 Å². The van der Waals surface area contributed by atoms with Crippen molar-refractivity contribution < 1.29 is 27.8 Å². The summed E-state index contributed by atoms with van der Waals surface area (Å²) >= 11 is 0. The topological polar surface area (TPSA) is 38.7 Å². The van der Waals surface area contributed by atoms with Gasteiger partial charge >= 0.3 is 0 Å². The van der Waals surface area contributed by atoms with Crippen molar-refractivity contribution >= 4 is 0 Å². The standard InChI is InChI=1S/C28H35F3O3/c1-10-11-12-15-33-25(9)28(31)27(30)22(6)19(3)14-13-18(2)20(4)16-26(29)23(7)24(8)34-17-21(5)32/h10,13-14,16,21,24,32H,1-4,6-7,9,11-12,15,17H2,5,8H3/b14-13-,26-16+,28-27-. The average molecular weight is 477 g/mol.